The van der Waals surface area contributed by atoms with Crippen LogP contribution in [0.5, 0.6) is 0 Å². The topological polar surface area (TPSA) is 66.4 Å². The zero-order valence-corrected chi connectivity index (χ0v) is 10.9. The Morgan fingerprint density at radius 3 is 2.33 bits per heavy atom. The Morgan fingerprint density at radius 1 is 1.33 bits per heavy atom. The number of carboxylic acid groups (broad SMARTS) is 1. The fourth-order valence-corrected chi connectivity index (χ4v) is 1.90. The summed E-state index contributed by atoms with van der Waals surface area (Å²) in [4.78, 5) is 22.5. The molecule has 1 rings (SSSR count). The first-order valence-corrected chi connectivity index (χ1v) is 5.92. The van der Waals surface area contributed by atoms with Gasteiger partial charge in [0.25, 0.3) is 0 Å². The maximum Gasteiger partial charge on any atom is 0.314 e. The van der Waals surface area contributed by atoms with Crippen LogP contribution in [0.25, 0.3) is 0 Å². The molecule has 0 saturated carbocycles. The molecule has 2 N–H and O–H groups in total. The van der Waals surface area contributed by atoms with Crippen molar-refractivity contribution in [2.45, 2.75) is 26.2 Å². The number of carbonyl (C=O) groups excluding carboxylic acids is 1. The summed E-state index contributed by atoms with van der Waals surface area (Å²) in [6.45, 7) is 5.29. The lowest BCUT2D eigenvalue weighted by Gasteiger charge is -2.32. The number of nitrogens with one attached hydrogen (secondary N) is 1. The molecule has 0 bridgehead atoms. The first-order chi connectivity index (χ1) is 8.39. The Labute approximate surface area is 107 Å². The first kappa shape index (κ1) is 14.2. The van der Waals surface area contributed by atoms with Gasteiger partial charge in [0.05, 0.1) is 5.41 Å². The highest BCUT2D eigenvalue weighted by atomic mass is 16.4. The van der Waals surface area contributed by atoms with Crippen LogP contribution in [0.1, 0.15) is 26.3 Å². The summed E-state index contributed by atoms with van der Waals surface area (Å²) < 4.78 is 0. The molecule has 2 unspecified atom stereocenters. The molecule has 18 heavy (non-hydrogen) atoms. The standard InChI is InChI=1S/C14H19NO3/c1-10(9-15-11(2)16)14(3,13(17)18)12-7-5-4-6-8-12/h4-8,10H,9H2,1-3H3,(H,15,16)(H,17,18). The van der Waals surface area contributed by atoms with E-state index in [-0.39, 0.29) is 11.8 Å². The minimum Gasteiger partial charge on any atom is -0.481 e. The van der Waals surface area contributed by atoms with E-state index < -0.39 is 11.4 Å². The molecule has 4 nitrogen and oxygen atoms in total. The molecule has 0 aliphatic rings. The second-order valence-electron chi connectivity index (χ2n) is 4.71. The van der Waals surface area contributed by atoms with Crippen molar-refractivity contribution in [2.24, 2.45) is 5.92 Å². The molecule has 1 aromatic carbocycles. The normalized spacial score (nSPS) is 15.5. The molecule has 0 spiro atoms. The van der Waals surface area contributed by atoms with Gasteiger partial charge in [-0.15, -0.1) is 0 Å². The van der Waals surface area contributed by atoms with E-state index in [1.807, 2.05) is 25.1 Å². The van der Waals surface area contributed by atoms with Crippen LogP contribution in [0.15, 0.2) is 30.3 Å². The number of aliphatic carboxylic acids is 1. The van der Waals surface area contributed by atoms with Crippen LogP contribution in [0, 0.1) is 5.92 Å². The van der Waals surface area contributed by atoms with Gasteiger partial charge in [-0.3, -0.25) is 9.59 Å². The number of carbonyl (C=O) groups is 2. The average Bonchev–Trinajstić information content (AvgIpc) is 2.35. The molecule has 1 aromatic rings. The summed E-state index contributed by atoms with van der Waals surface area (Å²) >= 11 is 0. The third kappa shape index (κ3) is 2.88. The van der Waals surface area contributed by atoms with Gasteiger partial charge in [0.2, 0.25) is 5.91 Å². The van der Waals surface area contributed by atoms with Crippen molar-refractivity contribution in [3.63, 3.8) is 0 Å². The van der Waals surface area contributed by atoms with Gasteiger partial charge in [-0.2, -0.15) is 0 Å². The molecule has 0 radical (unpaired) electrons. The fourth-order valence-electron chi connectivity index (χ4n) is 1.90. The van der Waals surface area contributed by atoms with Crippen LogP contribution >= 0.6 is 0 Å². The molecule has 0 aliphatic heterocycles. The second kappa shape index (κ2) is 5.67. The van der Waals surface area contributed by atoms with Crippen molar-refractivity contribution < 1.29 is 14.7 Å². The van der Waals surface area contributed by atoms with Crippen LogP contribution in [-0.2, 0) is 15.0 Å². The van der Waals surface area contributed by atoms with Crippen LogP contribution in [0.2, 0.25) is 0 Å². The van der Waals surface area contributed by atoms with Crippen molar-refractivity contribution in [3.8, 4) is 0 Å². The lowest BCUT2D eigenvalue weighted by atomic mass is 9.72. The Bertz CT molecular complexity index is 430. The lowest BCUT2D eigenvalue weighted by Crippen LogP contribution is -2.44. The van der Waals surface area contributed by atoms with E-state index in [9.17, 15) is 14.7 Å². The highest BCUT2D eigenvalue weighted by Gasteiger charge is 2.40. The molecular formula is C14H19NO3. The zero-order valence-electron chi connectivity index (χ0n) is 10.9. The van der Waals surface area contributed by atoms with Crippen LogP contribution in [-0.4, -0.2) is 23.5 Å². The largest absolute Gasteiger partial charge is 0.481 e. The maximum absolute atomic E-state index is 11.6. The highest BCUT2D eigenvalue weighted by molar-refractivity contribution is 5.81. The number of amides is 1. The van der Waals surface area contributed by atoms with E-state index >= 15 is 0 Å². The molecule has 0 fully saturated rings. The van der Waals surface area contributed by atoms with Gasteiger partial charge < -0.3 is 10.4 Å². The third-order valence-electron chi connectivity index (χ3n) is 3.46. The Morgan fingerprint density at radius 2 is 1.89 bits per heavy atom. The maximum atomic E-state index is 11.6. The quantitative estimate of drug-likeness (QED) is 0.836. The number of carboxylic acids is 1. The molecule has 98 valence electrons. The minimum absolute atomic E-state index is 0.150. The predicted octanol–water partition coefficient (Wildman–Crippen LogP) is 1.80. The lowest BCUT2D eigenvalue weighted by molar-refractivity contribution is -0.145. The fraction of sp³-hybridized carbons (Fsp3) is 0.429. The van der Waals surface area contributed by atoms with Crippen LogP contribution in [0.4, 0.5) is 0 Å². The van der Waals surface area contributed by atoms with Gasteiger partial charge in [0.15, 0.2) is 0 Å². The van der Waals surface area contributed by atoms with Crippen LogP contribution in [0.3, 0.4) is 0 Å². The molecule has 4 heteroatoms. The number of benzene rings is 1. The van der Waals surface area contributed by atoms with E-state index in [1.165, 1.54) is 6.92 Å². The van der Waals surface area contributed by atoms with E-state index in [2.05, 4.69) is 5.32 Å². The van der Waals surface area contributed by atoms with E-state index in [1.54, 1.807) is 19.1 Å². The van der Waals surface area contributed by atoms with Crippen molar-refractivity contribution in [2.75, 3.05) is 6.54 Å². The van der Waals surface area contributed by atoms with E-state index in [4.69, 9.17) is 0 Å². The van der Waals surface area contributed by atoms with E-state index in [0.29, 0.717) is 6.54 Å². The summed E-state index contributed by atoms with van der Waals surface area (Å²) in [7, 11) is 0. The number of hydrogen-bond acceptors (Lipinski definition) is 2. The average molecular weight is 249 g/mol. The molecule has 0 aromatic heterocycles. The Balaban J connectivity index is 3.01. The predicted molar refractivity (Wildman–Crippen MR) is 69.3 cm³/mol. The van der Waals surface area contributed by atoms with Crippen molar-refractivity contribution in [1.82, 2.24) is 5.32 Å². The second-order valence-corrected chi connectivity index (χ2v) is 4.71. The van der Waals surface area contributed by atoms with Gasteiger partial charge in [-0.25, -0.2) is 0 Å². The summed E-state index contributed by atoms with van der Waals surface area (Å²) in [6.07, 6.45) is 0. The van der Waals surface area contributed by atoms with E-state index in [0.717, 1.165) is 5.56 Å². The van der Waals surface area contributed by atoms with Crippen LogP contribution < -0.4 is 5.32 Å². The molecule has 0 aliphatic carbocycles. The third-order valence-corrected chi connectivity index (χ3v) is 3.46. The van der Waals surface area contributed by atoms with Gasteiger partial charge in [-0.1, -0.05) is 37.3 Å². The van der Waals surface area contributed by atoms with Crippen molar-refractivity contribution in [3.05, 3.63) is 35.9 Å². The monoisotopic (exact) mass is 249 g/mol. The zero-order chi connectivity index (χ0) is 13.8. The van der Waals surface area contributed by atoms with Gasteiger partial charge >= 0.3 is 5.97 Å². The summed E-state index contributed by atoms with van der Waals surface area (Å²) in [5, 5.41) is 12.2. The summed E-state index contributed by atoms with van der Waals surface area (Å²) in [6, 6.07) is 9.10. The van der Waals surface area contributed by atoms with Crippen molar-refractivity contribution in [1.29, 1.82) is 0 Å². The van der Waals surface area contributed by atoms with Crippen molar-refractivity contribution >= 4 is 11.9 Å². The highest BCUT2D eigenvalue weighted by Crippen LogP contribution is 2.32. The molecule has 0 saturated heterocycles. The molecular weight excluding hydrogens is 230 g/mol. The summed E-state index contributed by atoms with van der Waals surface area (Å²) in [5.74, 6) is -1.24. The smallest absolute Gasteiger partial charge is 0.314 e. The Hall–Kier alpha value is -1.84. The first-order valence-electron chi connectivity index (χ1n) is 5.92. The number of rotatable bonds is 5. The number of hydrogen-bond donors (Lipinski definition) is 2. The minimum atomic E-state index is -1.01. The van der Waals surface area contributed by atoms with Gasteiger partial charge in [0.1, 0.15) is 0 Å². The molecule has 2 atom stereocenters. The Kier molecular flexibility index (Phi) is 4.48. The summed E-state index contributed by atoms with van der Waals surface area (Å²) in [5.41, 5.74) is -0.265. The molecule has 0 heterocycles. The SMILES string of the molecule is CC(=O)NCC(C)C(C)(C(=O)O)c1ccccc1. The molecule has 1 amide bonds. The van der Waals surface area contributed by atoms with Gasteiger partial charge in [0, 0.05) is 13.5 Å². The van der Waals surface area contributed by atoms with Gasteiger partial charge in [-0.05, 0) is 18.4 Å².